The number of rotatable bonds is 2. The Morgan fingerprint density at radius 2 is 2.00 bits per heavy atom. The standard InChI is InChI=1S/C18H16FN5S/c19-12-7-11(13-1-2-14-15(22-13)9-21-24-14)8-16-17(12)23-18(25-16)10-3-5-20-6-4-10/h1-2,7-10,20H,3-6H2,(H,21,24). The van der Waals surface area contributed by atoms with Gasteiger partial charge in [0.25, 0.3) is 0 Å². The third-order valence-electron chi connectivity index (χ3n) is 4.75. The van der Waals surface area contributed by atoms with E-state index in [-0.39, 0.29) is 5.82 Å². The predicted molar refractivity (Wildman–Crippen MR) is 97.3 cm³/mol. The topological polar surface area (TPSA) is 66.5 Å². The Bertz CT molecular complexity index is 1060. The first-order chi connectivity index (χ1) is 12.3. The first-order valence-electron chi connectivity index (χ1n) is 8.39. The maximum Gasteiger partial charge on any atom is 0.150 e. The average Bonchev–Trinajstić information content (AvgIpc) is 3.28. The molecule has 1 aliphatic heterocycles. The zero-order chi connectivity index (χ0) is 16.8. The first kappa shape index (κ1) is 14.9. The van der Waals surface area contributed by atoms with E-state index in [4.69, 9.17) is 0 Å². The summed E-state index contributed by atoms with van der Waals surface area (Å²) in [6.45, 7) is 2.01. The number of fused-ring (bicyclic) bond motifs is 2. The number of pyridine rings is 1. The largest absolute Gasteiger partial charge is 0.317 e. The highest BCUT2D eigenvalue weighted by atomic mass is 32.1. The van der Waals surface area contributed by atoms with E-state index < -0.39 is 0 Å². The molecule has 1 fully saturated rings. The van der Waals surface area contributed by atoms with Crippen LogP contribution in [0.1, 0.15) is 23.8 Å². The smallest absolute Gasteiger partial charge is 0.150 e. The highest BCUT2D eigenvalue weighted by molar-refractivity contribution is 7.18. The quantitative estimate of drug-likeness (QED) is 0.575. The van der Waals surface area contributed by atoms with Gasteiger partial charge in [-0.05, 0) is 50.2 Å². The Balaban J connectivity index is 1.59. The third kappa shape index (κ3) is 2.60. The van der Waals surface area contributed by atoms with E-state index >= 15 is 0 Å². The lowest BCUT2D eigenvalue weighted by molar-refractivity contribution is 0.459. The molecule has 7 heteroatoms. The molecule has 0 atom stereocenters. The molecule has 0 spiro atoms. The van der Waals surface area contributed by atoms with Gasteiger partial charge < -0.3 is 5.32 Å². The van der Waals surface area contributed by atoms with Crippen molar-refractivity contribution < 1.29 is 4.39 Å². The molecule has 3 aromatic heterocycles. The Labute approximate surface area is 147 Å². The summed E-state index contributed by atoms with van der Waals surface area (Å²) in [6.07, 6.45) is 3.80. The van der Waals surface area contributed by atoms with Gasteiger partial charge >= 0.3 is 0 Å². The van der Waals surface area contributed by atoms with Crippen molar-refractivity contribution in [2.45, 2.75) is 18.8 Å². The molecule has 0 unspecified atom stereocenters. The molecule has 5 rings (SSSR count). The van der Waals surface area contributed by atoms with Gasteiger partial charge in [0.05, 0.1) is 27.1 Å². The maximum atomic E-state index is 14.7. The Hall–Kier alpha value is -2.38. The van der Waals surface area contributed by atoms with Gasteiger partial charge in [0.1, 0.15) is 11.0 Å². The molecular formula is C18H16FN5S. The number of thiazole rings is 1. The molecule has 126 valence electrons. The van der Waals surface area contributed by atoms with Crippen LogP contribution in [0.25, 0.3) is 32.5 Å². The highest BCUT2D eigenvalue weighted by Crippen LogP contribution is 2.35. The summed E-state index contributed by atoms with van der Waals surface area (Å²) in [4.78, 5) is 9.16. The van der Waals surface area contributed by atoms with E-state index in [1.807, 2.05) is 18.2 Å². The van der Waals surface area contributed by atoms with E-state index in [1.54, 1.807) is 17.5 Å². The van der Waals surface area contributed by atoms with Crippen LogP contribution in [-0.4, -0.2) is 33.3 Å². The maximum absolute atomic E-state index is 14.7. The predicted octanol–water partition coefficient (Wildman–Crippen LogP) is 3.84. The summed E-state index contributed by atoms with van der Waals surface area (Å²) in [6, 6.07) is 7.33. The zero-order valence-electron chi connectivity index (χ0n) is 13.4. The van der Waals surface area contributed by atoms with Crippen molar-refractivity contribution in [2.24, 2.45) is 0 Å². The molecule has 0 bridgehead atoms. The summed E-state index contributed by atoms with van der Waals surface area (Å²) < 4.78 is 15.5. The van der Waals surface area contributed by atoms with Gasteiger partial charge in [-0.1, -0.05) is 0 Å². The molecule has 4 heterocycles. The van der Waals surface area contributed by atoms with E-state index in [9.17, 15) is 4.39 Å². The number of nitrogens with zero attached hydrogens (tertiary/aromatic N) is 3. The summed E-state index contributed by atoms with van der Waals surface area (Å²) in [5.41, 5.74) is 3.64. The first-order valence-corrected chi connectivity index (χ1v) is 9.21. The number of hydrogen-bond donors (Lipinski definition) is 2. The zero-order valence-corrected chi connectivity index (χ0v) is 14.2. The van der Waals surface area contributed by atoms with Crippen molar-refractivity contribution in [1.82, 2.24) is 25.5 Å². The number of H-pyrrole nitrogens is 1. The molecule has 1 aliphatic rings. The molecule has 1 aromatic carbocycles. The number of halogens is 1. The fourth-order valence-electron chi connectivity index (χ4n) is 3.39. The molecule has 0 radical (unpaired) electrons. The van der Waals surface area contributed by atoms with E-state index in [0.29, 0.717) is 11.4 Å². The summed E-state index contributed by atoms with van der Waals surface area (Å²) in [7, 11) is 0. The van der Waals surface area contributed by atoms with Crippen LogP contribution >= 0.6 is 11.3 Å². The van der Waals surface area contributed by atoms with Crippen molar-refractivity contribution >= 4 is 32.6 Å². The van der Waals surface area contributed by atoms with Crippen molar-refractivity contribution in [3.8, 4) is 11.3 Å². The minimum atomic E-state index is -0.280. The molecule has 0 amide bonds. The Kier molecular flexibility index (Phi) is 3.50. The fraction of sp³-hybridized carbons (Fsp3) is 0.278. The summed E-state index contributed by atoms with van der Waals surface area (Å²) >= 11 is 1.61. The van der Waals surface area contributed by atoms with E-state index in [1.165, 1.54) is 6.07 Å². The second-order valence-electron chi connectivity index (χ2n) is 6.38. The van der Waals surface area contributed by atoms with Gasteiger partial charge in [-0.25, -0.2) is 14.4 Å². The normalized spacial score (nSPS) is 16.0. The minimum absolute atomic E-state index is 0.280. The van der Waals surface area contributed by atoms with E-state index in [2.05, 4.69) is 25.5 Å². The molecular weight excluding hydrogens is 337 g/mol. The lowest BCUT2D eigenvalue weighted by atomic mass is 9.99. The van der Waals surface area contributed by atoms with Gasteiger partial charge in [0.15, 0.2) is 5.82 Å². The SMILES string of the molecule is Fc1cc(-c2ccc3[nH]ncc3n2)cc2sc(C3CCNCC3)nc12. The van der Waals surface area contributed by atoms with Gasteiger partial charge in [-0.2, -0.15) is 5.10 Å². The number of benzene rings is 1. The van der Waals surface area contributed by atoms with Crippen LogP contribution in [0.2, 0.25) is 0 Å². The Morgan fingerprint density at radius 1 is 1.12 bits per heavy atom. The number of hydrogen-bond acceptors (Lipinski definition) is 5. The van der Waals surface area contributed by atoms with Gasteiger partial charge in [0.2, 0.25) is 0 Å². The molecule has 0 aliphatic carbocycles. The van der Waals surface area contributed by atoms with Crippen molar-refractivity contribution in [3.05, 3.63) is 41.3 Å². The van der Waals surface area contributed by atoms with Gasteiger partial charge in [0, 0.05) is 11.5 Å². The van der Waals surface area contributed by atoms with Crippen LogP contribution in [0.15, 0.2) is 30.5 Å². The highest BCUT2D eigenvalue weighted by Gasteiger charge is 2.20. The van der Waals surface area contributed by atoms with Gasteiger partial charge in [-0.3, -0.25) is 5.10 Å². The molecule has 25 heavy (non-hydrogen) atoms. The number of piperidine rings is 1. The molecule has 1 saturated heterocycles. The van der Waals surface area contributed by atoms with Crippen LogP contribution in [0.4, 0.5) is 4.39 Å². The van der Waals surface area contributed by atoms with E-state index in [0.717, 1.165) is 57.9 Å². The van der Waals surface area contributed by atoms with Crippen LogP contribution in [0.5, 0.6) is 0 Å². The lowest BCUT2D eigenvalue weighted by Crippen LogP contribution is -2.26. The Morgan fingerprint density at radius 3 is 2.88 bits per heavy atom. The number of nitrogens with one attached hydrogen (secondary N) is 2. The van der Waals surface area contributed by atoms with Crippen molar-refractivity contribution in [2.75, 3.05) is 13.1 Å². The molecule has 4 aromatic rings. The van der Waals surface area contributed by atoms with Crippen molar-refractivity contribution in [1.29, 1.82) is 0 Å². The summed E-state index contributed by atoms with van der Waals surface area (Å²) in [5.74, 6) is 0.153. The fourth-order valence-corrected chi connectivity index (χ4v) is 4.58. The monoisotopic (exact) mass is 353 g/mol. The van der Waals surface area contributed by atoms with Crippen molar-refractivity contribution in [3.63, 3.8) is 0 Å². The summed E-state index contributed by atoms with van der Waals surface area (Å²) in [5, 5.41) is 11.3. The van der Waals surface area contributed by atoms with Crippen LogP contribution in [-0.2, 0) is 0 Å². The van der Waals surface area contributed by atoms with Crippen LogP contribution in [0.3, 0.4) is 0 Å². The minimum Gasteiger partial charge on any atom is -0.317 e. The third-order valence-corrected chi connectivity index (χ3v) is 5.91. The molecule has 2 N–H and O–H groups in total. The second-order valence-corrected chi connectivity index (χ2v) is 7.44. The molecule has 5 nitrogen and oxygen atoms in total. The van der Waals surface area contributed by atoms with Crippen LogP contribution < -0.4 is 5.32 Å². The van der Waals surface area contributed by atoms with Crippen LogP contribution in [0, 0.1) is 5.82 Å². The molecule has 0 saturated carbocycles. The van der Waals surface area contributed by atoms with Gasteiger partial charge in [-0.15, -0.1) is 11.3 Å². The number of aromatic amines is 1. The second kappa shape index (κ2) is 5.86. The average molecular weight is 353 g/mol. The number of aromatic nitrogens is 4. The lowest BCUT2D eigenvalue weighted by Gasteiger charge is -2.20.